The van der Waals surface area contributed by atoms with Crippen molar-refractivity contribution < 1.29 is 8.53 Å². The Hall–Kier alpha value is -9.96. The van der Waals surface area contributed by atoms with Gasteiger partial charge < -0.3 is 13.9 Å². The monoisotopic (exact) mass is 959 g/mol. The van der Waals surface area contributed by atoms with Gasteiger partial charge >= 0.3 is 0 Å². The van der Waals surface area contributed by atoms with E-state index < -0.39 is 0 Å². The van der Waals surface area contributed by atoms with E-state index >= 15 is 0 Å². The number of aromatic nitrogens is 1. The molecule has 0 bridgehead atoms. The highest BCUT2D eigenvalue weighted by Crippen LogP contribution is 2.45. The topological polar surface area (TPSA) is 21.3 Å². The highest BCUT2D eigenvalue weighted by molar-refractivity contribution is 6.16. The van der Waals surface area contributed by atoms with Crippen LogP contribution in [0.5, 0.6) is 0 Å². The van der Waals surface area contributed by atoms with Gasteiger partial charge in [0.2, 0.25) is 0 Å². The molecule has 2 aromatic heterocycles. The Bertz CT molecular complexity index is 4500. The summed E-state index contributed by atoms with van der Waals surface area (Å²) >= 11 is 0. The van der Waals surface area contributed by atoms with Crippen LogP contribution in [0, 0.1) is 0 Å². The molecule has 0 spiro atoms. The van der Waals surface area contributed by atoms with Crippen LogP contribution in [0.2, 0.25) is 0 Å². The number of benzene rings is 12. The van der Waals surface area contributed by atoms with Crippen LogP contribution >= 0.6 is 0 Å². The van der Waals surface area contributed by atoms with Crippen molar-refractivity contribution in [2.75, 3.05) is 4.90 Å². The lowest BCUT2D eigenvalue weighted by molar-refractivity contribution is 0.670. The van der Waals surface area contributed by atoms with Crippen molar-refractivity contribution >= 4 is 60.8 Å². The van der Waals surface area contributed by atoms with E-state index in [1.807, 2.05) is 109 Å². The second-order valence-corrected chi connectivity index (χ2v) is 19.0. The molecule has 0 amide bonds. The average molecular weight is 960 g/mol. The SMILES string of the molecule is [2H]c1c(-c2ccc(N(c3ccc(-c4ccccc4)cc3)c3cc(-c4ccccc4)cc(-c4ccccc4)c3)cc2)c([2H])c(-c2cccc3c2c2ccccc2n3-c2ccccc2)c([2H])c1-c1cccc2c1oc1ccccc12. The maximum Gasteiger partial charge on any atom is 0.143 e. The molecule has 0 aliphatic heterocycles. The fourth-order valence-corrected chi connectivity index (χ4v) is 10.9. The third kappa shape index (κ3) is 7.95. The third-order valence-corrected chi connectivity index (χ3v) is 14.4. The van der Waals surface area contributed by atoms with E-state index in [9.17, 15) is 4.11 Å². The molecule has 0 N–H and O–H groups in total. The van der Waals surface area contributed by atoms with E-state index in [-0.39, 0.29) is 18.1 Å². The maximum atomic E-state index is 10.4. The molecule has 0 atom stereocenters. The van der Waals surface area contributed by atoms with Gasteiger partial charge in [0, 0.05) is 49.9 Å². The number of rotatable bonds is 10. The number of furan rings is 1. The molecule has 3 heteroatoms. The predicted molar refractivity (Wildman–Crippen MR) is 315 cm³/mol. The molecule has 3 nitrogen and oxygen atoms in total. The van der Waals surface area contributed by atoms with E-state index in [1.165, 1.54) is 0 Å². The quantitative estimate of drug-likeness (QED) is 0.136. The molecule has 0 unspecified atom stereocenters. The number of nitrogens with zero attached hydrogens (tertiary/aromatic N) is 2. The molecule has 352 valence electrons. The Kier molecular flexibility index (Phi) is 10.1. The zero-order valence-corrected chi connectivity index (χ0v) is 40.8. The molecule has 0 fully saturated rings. The molecule has 0 aliphatic carbocycles. The summed E-state index contributed by atoms with van der Waals surface area (Å²) in [5.74, 6) is 0. The number of hydrogen-bond donors (Lipinski definition) is 0. The molecule has 0 aliphatic rings. The molecular formula is C72H48N2O. The first-order valence-corrected chi connectivity index (χ1v) is 25.4. The number of hydrogen-bond acceptors (Lipinski definition) is 2. The minimum Gasteiger partial charge on any atom is -0.455 e. The van der Waals surface area contributed by atoms with Crippen LogP contribution in [0.1, 0.15) is 4.11 Å². The Morgan fingerprint density at radius 2 is 0.760 bits per heavy atom. The Balaban J connectivity index is 0.996. The minimum absolute atomic E-state index is 0.0877. The van der Waals surface area contributed by atoms with Crippen molar-refractivity contribution in [2.45, 2.75) is 0 Å². The molecular weight excluding hydrogens is 909 g/mol. The van der Waals surface area contributed by atoms with E-state index in [1.54, 1.807) is 0 Å². The second-order valence-electron chi connectivity index (χ2n) is 19.0. The molecule has 2 heterocycles. The van der Waals surface area contributed by atoms with E-state index in [4.69, 9.17) is 4.42 Å². The van der Waals surface area contributed by atoms with Crippen LogP contribution in [-0.4, -0.2) is 4.57 Å². The highest BCUT2D eigenvalue weighted by Gasteiger charge is 2.21. The van der Waals surface area contributed by atoms with Crippen LogP contribution < -0.4 is 4.90 Å². The largest absolute Gasteiger partial charge is 0.455 e. The molecule has 12 aromatic carbocycles. The zero-order valence-electron chi connectivity index (χ0n) is 43.8. The van der Waals surface area contributed by atoms with Crippen LogP contribution in [-0.2, 0) is 0 Å². The summed E-state index contributed by atoms with van der Waals surface area (Å²) in [5, 5.41) is 3.81. The van der Waals surface area contributed by atoms with Crippen molar-refractivity contribution in [2.24, 2.45) is 0 Å². The summed E-state index contributed by atoms with van der Waals surface area (Å²) in [5.41, 5.74) is 17.2. The van der Waals surface area contributed by atoms with Crippen LogP contribution in [0.25, 0.3) is 116 Å². The predicted octanol–water partition coefficient (Wildman–Crippen LogP) is 20.2. The number of fused-ring (bicyclic) bond motifs is 6. The van der Waals surface area contributed by atoms with E-state index in [0.717, 1.165) is 99.9 Å². The van der Waals surface area contributed by atoms with Crippen LogP contribution in [0.15, 0.2) is 296 Å². The van der Waals surface area contributed by atoms with Gasteiger partial charge in [0.25, 0.3) is 0 Å². The van der Waals surface area contributed by atoms with E-state index in [2.05, 4.69) is 173 Å². The first-order valence-electron chi connectivity index (χ1n) is 26.9. The Morgan fingerprint density at radius 1 is 0.307 bits per heavy atom. The fraction of sp³-hybridized carbons (Fsp3) is 0. The Labute approximate surface area is 440 Å². The molecule has 0 radical (unpaired) electrons. The van der Waals surface area contributed by atoms with Crippen molar-refractivity contribution in [3.63, 3.8) is 0 Å². The van der Waals surface area contributed by atoms with Crippen LogP contribution in [0.4, 0.5) is 17.1 Å². The van der Waals surface area contributed by atoms with Crippen molar-refractivity contribution in [1.82, 2.24) is 4.57 Å². The lowest BCUT2D eigenvalue weighted by Gasteiger charge is -2.27. The second kappa shape index (κ2) is 18.6. The van der Waals surface area contributed by atoms with Gasteiger partial charge in [-0.1, -0.05) is 200 Å². The van der Waals surface area contributed by atoms with Crippen molar-refractivity contribution in [1.29, 1.82) is 0 Å². The molecule has 0 saturated heterocycles. The van der Waals surface area contributed by atoms with Gasteiger partial charge in [0.1, 0.15) is 11.2 Å². The summed E-state index contributed by atoms with van der Waals surface area (Å²) < 4.78 is 40.0. The summed E-state index contributed by atoms with van der Waals surface area (Å²) in [4.78, 5) is 2.29. The summed E-state index contributed by atoms with van der Waals surface area (Å²) in [6, 6.07) is 94.3. The maximum absolute atomic E-state index is 10.4. The normalized spacial score (nSPS) is 12.0. The zero-order chi connectivity index (χ0) is 52.3. The highest BCUT2D eigenvalue weighted by atomic mass is 16.3. The summed E-state index contributed by atoms with van der Waals surface area (Å²) in [6.45, 7) is 0. The van der Waals surface area contributed by atoms with E-state index in [0.29, 0.717) is 33.4 Å². The van der Waals surface area contributed by atoms with Gasteiger partial charge in [-0.05, 0) is 152 Å². The Morgan fingerprint density at radius 3 is 1.40 bits per heavy atom. The lowest BCUT2D eigenvalue weighted by Crippen LogP contribution is -2.10. The van der Waals surface area contributed by atoms with Crippen molar-refractivity contribution in [3.05, 3.63) is 291 Å². The summed E-state index contributed by atoms with van der Waals surface area (Å²) in [6.07, 6.45) is 0. The van der Waals surface area contributed by atoms with Gasteiger partial charge in [-0.25, -0.2) is 0 Å². The first kappa shape index (κ1) is 40.6. The van der Waals surface area contributed by atoms with Gasteiger partial charge in [0.05, 0.1) is 15.1 Å². The minimum atomic E-state index is 0.0877. The lowest BCUT2D eigenvalue weighted by atomic mass is 9.91. The molecule has 14 aromatic rings. The average Bonchev–Trinajstić information content (AvgIpc) is 4.21. The summed E-state index contributed by atoms with van der Waals surface area (Å²) in [7, 11) is 0. The van der Waals surface area contributed by atoms with Gasteiger partial charge in [0.15, 0.2) is 0 Å². The van der Waals surface area contributed by atoms with Gasteiger partial charge in [-0.2, -0.15) is 0 Å². The fourth-order valence-electron chi connectivity index (χ4n) is 10.9. The van der Waals surface area contributed by atoms with Crippen LogP contribution in [0.3, 0.4) is 0 Å². The van der Waals surface area contributed by atoms with Gasteiger partial charge in [-0.15, -0.1) is 0 Å². The van der Waals surface area contributed by atoms with Crippen molar-refractivity contribution in [3.8, 4) is 72.4 Å². The number of para-hydroxylation sites is 4. The van der Waals surface area contributed by atoms with Gasteiger partial charge in [-0.3, -0.25) is 0 Å². The first-order chi connectivity index (χ1) is 38.5. The number of anilines is 3. The smallest absolute Gasteiger partial charge is 0.143 e. The third-order valence-electron chi connectivity index (χ3n) is 14.4. The molecule has 75 heavy (non-hydrogen) atoms. The molecule has 0 saturated carbocycles. The standard InChI is InChI=1S/C72H48N2O/c1-5-19-49(20-6-1)52-35-39-60(40-36-52)73(62-47-55(50-21-7-2-8-22-50)43-56(48-62)51-23-9-3-10-24-51)61-41-37-53(38-42-61)54-44-57(46-58(45-54)64-30-17-31-66-65-27-14-16-34-70(65)75-72(64)66)63-29-18-33-69-71(63)67-28-13-15-32-68(67)74(69)59-25-11-4-12-26-59/h1-48H/i44D,45D,46D. The molecule has 14 rings (SSSR count).